The summed E-state index contributed by atoms with van der Waals surface area (Å²) in [6.45, 7) is 17.3. The van der Waals surface area contributed by atoms with Gasteiger partial charge < -0.3 is 14.9 Å². The second-order valence-corrected chi connectivity index (χ2v) is 12.0. The number of rotatable bonds is 18. The van der Waals surface area contributed by atoms with Crippen LogP contribution in [0, 0.1) is 6.92 Å². The van der Waals surface area contributed by atoms with Gasteiger partial charge in [0.25, 0.3) is 0 Å². The predicted molar refractivity (Wildman–Crippen MR) is 179 cm³/mol. The Morgan fingerprint density at radius 2 is 0.976 bits per heavy atom. The van der Waals surface area contributed by atoms with Crippen molar-refractivity contribution in [2.45, 2.75) is 126 Å². The number of allylic oxidation sites excluding steroid dienone is 12. The summed E-state index contributed by atoms with van der Waals surface area (Å²) in [5, 5.41) is 20.6. The predicted octanol–water partition coefficient (Wildman–Crippen LogP) is 11.6. The molecule has 0 aromatic heterocycles. The van der Waals surface area contributed by atoms with Gasteiger partial charge in [0, 0.05) is 11.6 Å². The minimum Gasteiger partial charge on any atom is -0.508 e. The molecule has 1 rings (SSSR count). The highest BCUT2D eigenvalue weighted by Gasteiger charge is 2.14. The van der Waals surface area contributed by atoms with Crippen LogP contribution in [-0.4, -0.2) is 17.3 Å². The molecule has 3 nitrogen and oxygen atoms in total. The molecule has 0 aliphatic rings. The summed E-state index contributed by atoms with van der Waals surface area (Å²) in [6, 6.07) is 1.46. The monoisotopic (exact) mass is 562 g/mol. The molecule has 0 saturated carbocycles. The van der Waals surface area contributed by atoms with E-state index in [0.29, 0.717) is 23.3 Å². The number of hydrogen-bond donors (Lipinski definition) is 2. The van der Waals surface area contributed by atoms with E-state index in [1.807, 2.05) is 6.92 Å². The second-order valence-electron chi connectivity index (χ2n) is 12.0. The number of methoxy groups -OCH3 is 1. The van der Waals surface area contributed by atoms with E-state index in [2.05, 4.69) is 84.9 Å². The maximum atomic E-state index is 10.4. The lowest BCUT2D eigenvalue weighted by Crippen LogP contribution is -1.94. The van der Waals surface area contributed by atoms with Gasteiger partial charge in [-0.05, 0) is 132 Å². The molecule has 0 bridgehead atoms. The van der Waals surface area contributed by atoms with Gasteiger partial charge in [-0.2, -0.15) is 0 Å². The summed E-state index contributed by atoms with van der Waals surface area (Å²) in [5.74, 6) is 0.569. The van der Waals surface area contributed by atoms with Crippen LogP contribution in [0.5, 0.6) is 17.2 Å². The van der Waals surface area contributed by atoms with E-state index in [4.69, 9.17) is 4.74 Å². The number of aromatic hydroxyl groups is 2. The van der Waals surface area contributed by atoms with Crippen LogP contribution in [0.3, 0.4) is 0 Å². The zero-order valence-electron chi connectivity index (χ0n) is 27.6. The molecular weight excluding hydrogens is 504 g/mol. The lowest BCUT2D eigenvalue weighted by Gasteiger charge is -2.13. The molecule has 0 saturated heterocycles. The van der Waals surface area contributed by atoms with Crippen LogP contribution in [0.1, 0.15) is 124 Å². The Hall–Kier alpha value is -2.94. The molecule has 0 heterocycles. The third-order valence-corrected chi connectivity index (χ3v) is 7.72. The Morgan fingerprint density at radius 1 is 0.610 bits per heavy atom. The summed E-state index contributed by atoms with van der Waals surface area (Å²) < 4.78 is 5.18. The van der Waals surface area contributed by atoms with E-state index in [-0.39, 0.29) is 11.5 Å². The minimum absolute atomic E-state index is 0.112. The molecule has 0 aliphatic heterocycles. The summed E-state index contributed by atoms with van der Waals surface area (Å²) >= 11 is 0. The maximum absolute atomic E-state index is 10.4. The Kier molecular flexibility index (Phi) is 17.6. The lowest BCUT2D eigenvalue weighted by molar-refractivity contribution is 0.365. The fourth-order valence-corrected chi connectivity index (χ4v) is 4.75. The van der Waals surface area contributed by atoms with Gasteiger partial charge in [0.05, 0.1) is 7.11 Å². The first-order valence-corrected chi connectivity index (χ1v) is 15.4. The first-order chi connectivity index (χ1) is 19.4. The van der Waals surface area contributed by atoms with Crippen LogP contribution in [0.2, 0.25) is 0 Å². The van der Waals surface area contributed by atoms with E-state index in [1.54, 1.807) is 0 Å². The smallest absolute Gasteiger partial charge is 0.164 e. The van der Waals surface area contributed by atoms with E-state index in [0.717, 1.165) is 57.8 Å². The minimum atomic E-state index is 0.112. The van der Waals surface area contributed by atoms with Crippen molar-refractivity contribution < 1.29 is 14.9 Å². The van der Waals surface area contributed by atoms with Gasteiger partial charge in [0.1, 0.15) is 5.75 Å². The van der Waals surface area contributed by atoms with Gasteiger partial charge in [0.2, 0.25) is 0 Å². The van der Waals surface area contributed by atoms with E-state index in [9.17, 15) is 10.2 Å². The third-order valence-electron chi connectivity index (χ3n) is 7.72. The topological polar surface area (TPSA) is 49.7 Å². The quantitative estimate of drug-likeness (QED) is 0.138. The van der Waals surface area contributed by atoms with Gasteiger partial charge in [0.15, 0.2) is 11.5 Å². The molecule has 1 aromatic carbocycles. The van der Waals surface area contributed by atoms with Gasteiger partial charge in [-0.1, -0.05) is 69.9 Å². The van der Waals surface area contributed by atoms with Crippen molar-refractivity contribution >= 4 is 0 Å². The molecular formula is C38H58O3. The molecule has 0 amide bonds. The van der Waals surface area contributed by atoms with E-state index >= 15 is 0 Å². The Balaban J connectivity index is 2.38. The molecule has 0 fully saturated rings. The lowest BCUT2D eigenvalue weighted by atomic mass is 10.00. The summed E-state index contributed by atoms with van der Waals surface area (Å²) in [4.78, 5) is 0. The largest absolute Gasteiger partial charge is 0.508 e. The standard InChI is InChI=1S/C38H58O3/c1-28(2)15-10-16-29(3)17-11-18-30(4)19-12-20-31(5)21-13-22-32(6)23-14-24-33(7)25-26-35-34(8)36(39)27-37(41-9)38(35)40/h15,17,19,21,23,25,27,39-40H,10-14,16,18,20,22,24,26H2,1-9H3/b29-17+,30-19+,31-21+,32-23+,33-25+. The van der Waals surface area contributed by atoms with Crippen molar-refractivity contribution in [1.82, 2.24) is 0 Å². The van der Waals surface area contributed by atoms with Crippen LogP contribution in [-0.2, 0) is 6.42 Å². The number of phenolic OH excluding ortho intramolecular Hbond substituents is 2. The number of benzene rings is 1. The highest BCUT2D eigenvalue weighted by molar-refractivity contribution is 5.56. The third kappa shape index (κ3) is 15.6. The Morgan fingerprint density at radius 3 is 1.34 bits per heavy atom. The number of hydrogen-bond acceptors (Lipinski definition) is 3. The zero-order chi connectivity index (χ0) is 30.8. The van der Waals surface area contributed by atoms with Crippen molar-refractivity contribution in [2.75, 3.05) is 7.11 Å². The highest BCUT2D eigenvalue weighted by atomic mass is 16.5. The van der Waals surface area contributed by atoms with Crippen LogP contribution >= 0.6 is 0 Å². The molecule has 3 heteroatoms. The fraction of sp³-hybridized carbons (Fsp3) is 0.526. The van der Waals surface area contributed by atoms with Gasteiger partial charge >= 0.3 is 0 Å². The number of phenols is 2. The van der Waals surface area contributed by atoms with E-state index < -0.39 is 0 Å². The normalized spacial score (nSPS) is 13.5. The molecule has 0 unspecified atom stereocenters. The van der Waals surface area contributed by atoms with Gasteiger partial charge in [-0.25, -0.2) is 0 Å². The summed E-state index contributed by atoms with van der Waals surface area (Å²) in [7, 11) is 1.50. The van der Waals surface area contributed by atoms with Crippen LogP contribution in [0.25, 0.3) is 0 Å². The second kappa shape index (κ2) is 20.0. The first kappa shape index (κ1) is 36.1. The SMILES string of the molecule is COc1cc(O)c(C)c(C/C=C(\C)CC/C=C(\C)CC/C=C(\C)CC/C=C(\C)CC/C=C(\C)CCC=C(C)C)c1O. The van der Waals surface area contributed by atoms with Gasteiger partial charge in [-0.3, -0.25) is 0 Å². The van der Waals surface area contributed by atoms with Crippen LogP contribution in [0.4, 0.5) is 0 Å². The zero-order valence-corrected chi connectivity index (χ0v) is 27.6. The Bertz CT molecular complexity index is 1130. The molecule has 0 aliphatic carbocycles. The van der Waals surface area contributed by atoms with Crippen molar-refractivity contribution in [1.29, 1.82) is 0 Å². The maximum Gasteiger partial charge on any atom is 0.164 e. The average molecular weight is 563 g/mol. The molecule has 1 aromatic rings. The molecule has 41 heavy (non-hydrogen) atoms. The van der Waals surface area contributed by atoms with Crippen LogP contribution in [0.15, 0.2) is 76.0 Å². The van der Waals surface area contributed by atoms with Gasteiger partial charge in [-0.15, -0.1) is 0 Å². The molecule has 0 radical (unpaired) electrons. The summed E-state index contributed by atoms with van der Waals surface area (Å²) in [5.41, 5.74) is 10.0. The molecule has 0 atom stereocenters. The Labute approximate surface area is 252 Å². The fourth-order valence-electron chi connectivity index (χ4n) is 4.75. The summed E-state index contributed by atoms with van der Waals surface area (Å²) in [6.07, 6.45) is 25.7. The number of ether oxygens (including phenoxy) is 1. The molecule has 0 spiro atoms. The van der Waals surface area contributed by atoms with Crippen molar-refractivity contribution in [3.63, 3.8) is 0 Å². The van der Waals surface area contributed by atoms with Crippen LogP contribution < -0.4 is 4.74 Å². The average Bonchev–Trinajstić information content (AvgIpc) is 2.90. The van der Waals surface area contributed by atoms with Crippen molar-refractivity contribution in [2.24, 2.45) is 0 Å². The molecule has 2 N–H and O–H groups in total. The first-order valence-electron chi connectivity index (χ1n) is 15.4. The van der Waals surface area contributed by atoms with Crippen molar-refractivity contribution in [3.8, 4) is 17.2 Å². The van der Waals surface area contributed by atoms with Crippen molar-refractivity contribution in [3.05, 3.63) is 87.1 Å². The van der Waals surface area contributed by atoms with E-state index in [1.165, 1.54) is 53.0 Å². The molecule has 228 valence electrons. The highest BCUT2D eigenvalue weighted by Crippen LogP contribution is 2.38.